The Morgan fingerprint density at radius 2 is 1.96 bits per heavy atom. The van der Waals surface area contributed by atoms with E-state index in [1.807, 2.05) is 60.7 Å². The molecule has 0 fully saturated rings. The average molecular weight is 322 g/mol. The highest BCUT2D eigenvalue weighted by Gasteiger charge is 2.09. The standard InChI is InChI=1S/C19H18N2O3/c1-23-17-9-5-6-14(10-17)11-19(22)20-13-16-12-18(24-21-16)15-7-3-2-4-8-15/h2-10,12H,11,13H2,1H3,(H,20,22). The zero-order valence-corrected chi connectivity index (χ0v) is 13.4. The molecule has 0 saturated heterocycles. The van der Waals surface area contributed by atoms with Crippen LogP contribution in [0.2, 0.25) is 0 Å². The number of hydrogen-bond acceptors (Lipinski definition) is 4. The lowest BCUT2D eigenvalue weighted by molar-refractivity contribution is -0.120. The number of methoxy groups -OCH3 is 1. The van der Waals surface area contributed by atoms with Crippen LogP contribution in [-0.4, -0.2) is 18.2 Å². The van der Waals surface area contributed by atoms with E-state index in [0.29, 0.717) is 24.4 Å². The molecular formula is C19H18N2O3. The van der Waals surface area contributed by atoms with Gasteiger partial charge in [-0.2, -0.15) is 0 Å². The summed E-state index contributed by atoms with van der Waals surface area (Å²) >= 11 is 0. The van der Waals surface area contributed by atoms with Gasteiger partial charge in [0, 0.05) is 11.6 Å². The van der Waals surface area contributed by atoms with Crippen LogP contribution in [-0.2, 0) is 17.8 Å². The Kier molecular flexibility index (Phi) is 4.91. The minimum Gasteiger partial charge on any atom is -0.497 e. The summed E-state index contributed by atoms with van der Waals surface area (Å²) in [4.78, 5) is 12.1. The second kappa shape index (κ2) is 7.46. The van der Waals surface area contributed by atoms with E-state index in [2.05, 4.69) is 10.5 Å². The van der Waals surface area contributed by atoms with Crippen molar-refractivity contribution in [1.29, 1.82) is 0 Å². The molecule has 1 amide bonds. The Labute approximate surface area is 140 Å². The number of carbonyl (C=O) groups is 1. The van der Waals surface area contributed by atoms with Crippen LogP contribution >= 0.6 is 0 Å². The summed E-state index contributed by atoms with van der Waals surface area (Å²) in [6, 6.07) is 19.0. The van der Waals surface area contributed by atoms with Gasteiger partial charge in [-0.3, -0.25) is 4.79 Å². The van der Waals surface area contributed by atoms with E-state index in [9.17, 15) is 4.79 Å². The SMILES string of the molecule is COc1cccc(CC(=O)NCc2cc(-c3ccccc3)on2)c1. The fraction of sp³-hybridized carbons (Fsp3) is 0.158. The third-order valence-electron chi connectivity index (χ3n) is 3.58. The summed E-state index contributed by atoms with van der Waals surface area (Å²) < 4.78 is 10.5. The number of carbonyl (C=O) groups excluding carboxylic acids is 1. The van der Waals surface area contributed by atoms with Crippen LogP contribution < -0.4 is 10.1 Å². The van der Waals surface area contributed by atoms with Crippen LogP contribution in [0.5, 0.6) is 5.75 Å². The second-order valence-corrected chi connectivity index (χ2v) is 5.35. The highest BCUT2D eigenvalue weighted by Crippen LogP contribution is 2.19. The Morgan fingerprint density at radius 3 is 2.75 bits per heavy atom. The molecule has 1 heterocycles. The van der Waals surface area contributed by atoms with Crippen molar-refractivity contribution in [2.24, 2.45) is 0 Å². The van der Waals surface area contributed by atoms with Gasteiger partial charge in [0.15, 0.2) is 5.76 Å². The van der Waals surface area contributed by atoms with Gasteiger partial charge in [0.05, 0.1) is 20.1 Å². The number of amides is 1. The molecule has 1 N–H and O–H groups in total. The maximum absolute atomic E-state index is 12.1. The Hall–Kier alpha value is -3.08. The zero-order valence-electron chi connectivity index (χ0n) is 13.4. The van der Waals surface area contributed by atoms with Crippen molar-refractivity contribution >= 4 is 5.91 Å². The van der Waals surface area contributed by atoms with Crippen LogP contribution in [0, 0.1) is 0 Å². The molecule has 0 atom stereocenters. The normalized spacial score (nSPS) is 10.4. The van der Waals surface area contributed by atoms with Crippen LogP contribution in [0.4, 0.5) is 0 Å². The Morgan fingerprint density at radius 1 is 1.12 bits per heavy atom. The first-order valence-electron chi connectivity index (χ1n) is 7.65. The third-order valence-corrected chi connectivity index (χ3v) is 3.58. The van der Waals surface area contributed by atoms with Gasteiger partial charge in [-0.15, -0.1) is 0 Å². The molecule has 0 radical (unpaired) electrons. The van der Waals surface area contributed by atoms with E-state index < -0.39 is 0 Å². The summed E-state index contributed by atoms with van der Waals surface area (Å²) in [7, 11) is 1.61. The van der Waals surface area contributed by atoms with E-state index in [4.69, 9.17) is 9.26 Å². The van der Waals surface area contributed by atoms with Crippen molar-refractivity contribution in [1.82, 2.24) is 10.5 Å². The molecule has 3 rings (SSSR count). The highest BCUT2D eigenvalue weighted by atomic mass is 16.5. The van der Waals surface area contributed by atoms with E-state index in [0.717, 1.165) is 16.9 Å². The number of ether oxygens (including phenoxy) is 1. The minimum absolute atomic E-state index is 0.0764. The van der Waals surface area contributed by atoms with Gasteiger partial charge in [-0.25, -0.2) is 0 Å². The van der Waals surface area contributed by atoms with Crippen molar-refractivity contribution < 1.29 is 14.1 Å². The van der Waals surface area contributed by atoms with Crippen molar-refractivity contribution in [2.75, 3.05) is 7.11 Å². The van der Waals surface area contributed by atoms with Gasteiger partial charge in [0.2, 0.25) is 5.91 Å². The second-order valence-electron chi connectivity index (χ2n) is 5.35. The largest absolute Gasteiger partial charge is 0.497 e. The quantitative estimate of drug-likeness (QED) is 0.757. The molecule has 0 saturated carbocycles. The molecule has 1 aromatic heterocycles. The number of hydrogen-bond donors (Lipinski definition) is 1. The summed E-state index contributed by atoms with van der Waals surface area (Å²) in [6.45, 7) is 0.332. The Balaban J connectivity index is 1.56. The average Bonchev–Trinajstić information content (AvgIpc) is 3.10. The Bertz CT molecular complexity index is 812. The number of benzene rings is 2. The molecule has 0 aliphatic heterocycles. The van der Waals surface area contributed by atoms with Crippen molar-refractivity contribution in [3.63, 3.8) is 0 Å². The first-order chi connectivity index (χ1) is 11.7. The van der Waals surface area contributed by atoms with Crippen molar-refractivity contribution in [3.8, 4) is 17.1 Å². The summed E-state index contributed by atoms with van der Waals surface area (Å²) in [5, 5.41) is 6.84. The molecular weight excluding hydrogens is 304 g/mol. The predicted molar refractivity (Wildman–Crippen MR) is 90.5 cm³/mol. The first kappa shape index (κ1) is 15.8. The smallest absolute Gasteiger partial charge is 0.224 e. The van der Waals surface area contributed by atoms with E-state index in [1.165, 1.54) is 0 Å². The highest BCUT2D eigenvalue weighted by molar-refractivity contribution is 5.78. The topological polar surface area (TPSA) is 64.4 Å². The van der Waals surface area contributed by atoms with Crippen LogP contribution in [0.3, 0.4) is 0 Å². The maximum atomic E-state index is 12.1. The molecule has 5 nitrogen and oxygen atoms in total. The molecule has 5 heteroatoms. The van der Waals surface area contributed by atoms with E-state index >= 15 is 0 Å². The van der Waals surface area contributed by atoms with Crippen molar-refractivity contribution in [3.05, 3.63) is 71.9 Å². The predicted octanol–water partition coefficient (Wildman–Crippen LogP) is 3.21. The molecule has 0 aliphatic rings. The third kappa shape index (κ3) is 4.01. The van der Waals surface area contributed by atoms with Gasteiger partial charge < -0.3 is 14.6 Å². The minimum atomic E-state index is -0.0764. The lowest BCUT2D eigenvalue weighted by Crippen LogP contribution is -2.24. The monoisotopic (exact) mass is 322 g/mol. The van der Waals surface area contributed by atoms with Gasteiger partial charge >= 0.3 is 0 Å². The number of aromatic nitrogens is 1. The molecule has 0 bridgehead atoms. The van der Waals surface area contributed by atoms with Gasteiger partial charge in [-0.1, -0.05) is 47.6 Å². The summed E-state index contributed by atoms with van der Waals surface area (Å²) in [5.41, 5.74) is 2.55. The van der Waals surface area contributed by atoms with Gasteiger partial charge in [0.25, 0.3) is 0 Å². The number of nitrogens with one attached hydrogen (secondary N) is 1. The molecule has 0 spiro atoms. The fourth-order valence-electron chi connectivity index (χ4n) is 2.35. The van der Waals surface area contributed by atoms with Crippen LogP contribution in [0.1, 0.15) is 11.3 Å². The first-order valence-corrected chi connectivity index (χ1v) is 7.65. The summed E-state index contributed by atoms with van der Waals surface area (Å²) in [5.74, 6) is 1.35. The molecule has 2 aromatic carbocycles. The van der Waals surface area contributed by atoms with Crippen LogP contribution in [0.15, 0.2) is 65.2 Å². The molecule has 0 unspecified atom stereocenters. The van der Waals surface area contributed by atoms with Crippen molar-refractivity contribution in [2.45, 2.75) is 13.0 Å². The molecule has 122 valence electrons. The lowest BCUT2D eigenvalue weighted by Gasteiger charge is -2.05. The van der Waals surface area contributed by atoms with E-state index in [1.54, 1.807) is 7.11 Å². The number of nitrogens with zero attached hydrogens (tertiary/aromatic N) is 1. The van der Waals surface area contributed by atoms with E-state index in [-0.39, 0.29) is 5.91 Å². The van der Waals surface area contributed by atoms with Gasteiger partial charge in [-0.05, 0) is 17.7 Å². The molecule has 3 aromatic rings. The molecule has 0 aliphatic carbocycles. The fourth-order valence-corrected chi connectivity index (χ4v) is 2.35. The lowest BCUT2D eigenvalue weighted by atomic mass is 10.1. The molecule has 24 heavy (non-hydrogen) atoms. The van der Waals surface area contributed by atoms with Gasteiger partial charge in [0.1, 0.15) is 11.4 Å². The maximum Gasteiger partial charge on any atom is 0.224 e. The zero-order chi connectivity index (χ0) is 16.8. The number of rotatable bonds is 6. The summed E-state index contributed by atoms with van der Waals surface area (Å²) in [6.07, 6.45) is 0.292. The van der Waals surface area contributed by atoms with Crippen LogP contribution in [0.25, 0.3) is 11.3 Å².